The summed E-state index contributed by atoms with van der Waals surface area (Å²) < 4.78 is 0. The number of anilines is 1. The van der Waals surface area contributed by atoms with Crippen LogP contribution < -0.4 is 5.32 Å². The highest BCUT2D eigenvalue weighted by Gasteiger charge is 2.31. The van der Waals surface area contributed by atoms with Crippen LogP contribution in [0.5, 0.6) is 0 Å². The lowest BCUT2D eigenvalue weighted by Crippen LogP contribution is -2.38. The molecule has 3 heterocycles. The number of benzene rings is 1. The summed E-state index contributed by atoms with van der Waals surface area (Å²) in [5.74, 6) is 1.67. The Morgan fingerprint density at radius 1 is 1.25 bits per heavy atom. The predicted octanol–water partition coefficient (Wildman–Crippen LogP) is 4.18. The van der Waals surface area contributed by atoms with E-state index in [-0.39, 0.29) is 11.8 Å². The highest BCUT2D eigenvalue weighted by atomic mass is 16.1. The van der Waals surface area contributed by atoms with Crippen LogP contribution >= 0.6 is 0 Å². The number of ketones is 1. The molecular weight excluding hydrogens is 348 g/mol. The Morgan fingerprint density at radius 3 is 2.89 bits per heavy atom. The Balaban J connectivity index is 1.40. The molecule has 146 valence electrons. The first-order valence-corrected chi connectivity index (χ1v) is 10.1. The van der Waals surface area contributed by atoms with Crippen LogP contribution in [0.1, 0.15) is 35.1 Å². The van der Waals surface area contributed by atoms with Crippen molar-refractivity contribution in [1.29, 1.82) is 0 Å². The van der Waals surface area contributed by atoms with Gasteiger partial charge in [0, 0.05) is 40.9 Å². The van der Waals surface area contributed by atoms with E-state index in [1.165, 1.54) is 0 Å². The lowest BCUT2D eigenvalue weighted by Gasteiger charge is -2.23. The molecule has 1 aliphatic rings. The number of carbonyl (C=O) groups excluding carboxylic acids is 1. The van der Waals surface area contributed by atoms with Gasteiger partial charge < -0.3 is 10.3 Å². The van der Waals surface area contributed by atoms with Gasteiger partial charge in [-0.15, -0.1) is 0 Å². The first kappa shape index (κ1) is 18.7. The van der Waals surface area contributed by atoms with E-state index in [0.717, 1.165) is 59.7 Å². The number of aryl methyl sites for hydroxylation is 2. The fourth-order valence-electron chi connectivity index (χ4n) is 4.24. The number of hydrogen-bond donors (Lipinski definition) is 2. The molecule has 0 radical (unpaired) electrons. The topological polar surface area (TPSA) is 61.0 Å². The Morgan fingerprint density at radius 2 is 2.07 bits per heavy atom. The van der Waals surface area contributed by atoms with Gasteiger partial charge in [-0.1, -0.05) is 24.3 Å². The van der Waals surface area contributed by atoms with E-state index in [9.17, 15) is 4.79 Å². The quantitative estimate of drug-likeness (QED) is 0.634. The van der Waals surface area contributed by atoms with E-state index in [4.69, 9.17) is 0 Å². The van der Waals surface area contributed by atoms with E-state index in [1.54, 1.807) is 0 Å². The second kappa shape index (κ2) is 7.76. The Bertz CT molecular complexity index is 993. The van der Waals surface area contributed by atoms with Gasteiger partial charge in [0.2, 0.25) is 0 Å². The number of nitrogens with one attached hydrogen (secondary N) is 2. The molecule has 1 saturated heterocycles. The number of pyridine rings is 1. The molecule has 0 amide bonds. The summed E-state index contributed by atoms with van der Waals surface area (Å²) in [6, 6.07) is 14.0. The number of aromatic nitrogens is 2. The molecule has 1 fully saturated rings. The van der Waals surface area contributed by atoms with Crippen LogP contribution in [0, 0.1) is 19.8 Å². The molecule has 5 heteroatoms. The van der Waals surface area contributed by atoms with Crippen LogP contribution in [0.4, 0.5) is 5.82 Å². The smallest absolute Gasteiger partial charge is 0.182 e. The SMILES string of the molecule is Cc1cccc(NCC2CCN(C(C)C(=O)c3c(C)[nH]c4ccccc34)C2)n1. The van der Waals surface area contributed by atoms with E-state index in [0.29, 0.717) is 5.92 Å². The first-order chi connectivity index (χ1) is 13.5. The summed E-state index contributed by atoms with van der Waals surface area (Å²) in [6.45, 7) is 8.82. The van der Waals surface area contributed by atoms with Crippen LogP contribution in [0.25, 0.3) is 10.9 Å². The summed E-state index contributed by atoms with van der Waals surface area (Å²) >= 11 is 0. The molecule has 2 N–H and O–H groups in total. The molecule has 4 rings (SSSR count). The summed E-state index contributed by atoms with van der Waals surface area (Å²) in [5, 5.41) is 4.48. The van der Waals surface area contributed by atoms with Crippen LogP contribution in [0.2, 0.25) is 0 Å². The van der Waals surface area contributed by atoms with Gasteiger partial charge in [0.1, 0.15) is 5.82 Å². The third-order valence-electron chi connectivity index (χ3n) is 5.84. The maximum Gasteiger partial charge on any atom is 0.182 e. The van der Waals surface area contributed by atoms with Crippen LogP contribution in [0.15, 0.2) is 42.5 Å². The van der Waals surface area contributed by atoms with Gasteiger partial charge in [-0.05, 0) is 57.9 Å². The van der Waals surface area contributed by atoms with Crippen molar-refractivity contribution < 1.29 is 4.79 Å². The van der Waals surface area contributed by atoms with Gasteiger partial charge in [-0.25, -0.2) is 4.98 Å². The lowest BCUT2D eigenvalue weighted by atomic mass is 10.0. The summed E-state index contributed by atoms with van der Waals surface area (Å²) in [5.41, 5.74) is 3.85. The van der Waals surface area contributed by atoms with Crippen molar-refractivity contribution in [3.05, 3.63) is 59.4 Å². The molecule has 2 unspecified atom stereocenters. The zero-order chi connectivity index (χ0) is 19.7. The van der Waals surface area contributed by atoms with E-state index in [2.05, 4.69) is 20.2 Å². The number of carbonyl (C=O) groups is 1. The predicted molar refractivity (Wildman–Crippen MR) is 114 cm³/mol. The summed E-state index contributed by atoms with van der Waals surface area (Å²) in [6.07, 6.45) is 1.10. The van der Waals surface area contributed by atoms with E-state index < -0.39 is 0 Å². The van der Waals surface area contributed by atoms with Crippen LogP contribution in [-0.4, -0.2) is 46.3 Å². The number of H-pyrrole nitrogens is 1. The van der Waals surface area contributed by atoms with Crippen molar-refractivity contribution in [3.8, 4) is 0 Å². The molecule has 2 atom stereocenters. The number of para-hydroxylation sites is 1. The number of rotatable bonds is 6. The molecule has 0 aliphatic carbocycles. The molecule has 1 aromatic carbocycles. The lowest BCUT2D eigenvalue weighted by molar-refractivity contribution is 0.0864. The number of nitrogens with zero attached hydrogens (tertiary/aromatic N) is 2. The van der Waals surface area contributed by atoms with Gasteiger partial charge in [-0.3, -0.25) is 9.69 Å². The normalized spacial score (nSPS) is 18.5. The standard InChI is InChI=1S/C23H28N4O/c1-15-7-6-10-21(25-15)24-13-18-11-12-27(14-18)17(3)23(28)22-16(2)26-20-9-5-4-8-19(20)22/h4-10,17-18,26H,11-14H2,1-3H3,(H,24,25). The first-order valence-electron chi connectivity index (χ1n) is 10.1. The van der Waals surface area contributed by atoms with Gasteiger partial charge >= 0.3 is 0 Å². The van der Waals surface area contributed by atoms with Crippen molar-refractivity contribution in [2.45, 2.75) is 33.2 Å². The monoisotopic (exact) mass is 376 g/mol. The number of likely N-dealkylation sites (tertiary alicyclic amines) is 1. The highest BCUT2D eigenvalue weighted by molar-refractivity contribution is 6.11. The minimum atomic E-state index is -0.111. The van der Waals surface area contributed by atoms with Crippen LogP contribution in [-0.2, 0) is 0 Å². The average molecular weight is 377 g/mol. The van der Waals surface area contributed by atoms with E-state index >= 15 is 0 Å². The molecule has 1 aliphatic heterocycles. The Labute approximate surface area is 166 Å². The van der Waals surface area contributed by atoms with Gasteiger partial charge in [0.15, 0.2) is 5.78 Å². The number of Topliss-reactive ketones (excluding diaryl/α,β-unsaturated/α-hetero) is 1. The largest absolute Gasteiger partial charge is 0.370 e. The molecule has 0 bridgehead atoms. The minimum Gasteiger partial charge on any atom is -0.370 e. The Kier molecular flexibility index (Phi) is 5.18. The van der Waals surface area contributed by atoms with Gasteiger partial charge in [-0.2, -0.15) is 0 Å². The number of fused-ring (bicyclic) bond motifs is 1. The second-order valence-corrected chi connectivity index (χ2v) is 7.91. The van der Waals surface area contributed by atoms with Crippen molar-refractivity contribution in [2.75, 3.05) is 25.0 Å². The molecule has 0 saturated carbocycles. The van der Waals surface area contributed by atoms with Crippen molar-refractivity contribution in [2.24, 2.45) is 5.92 Å². The average Bonchev–Trinajstić information content (AvgIpc) is 3.29. The molecular formula is C23H28N4O. The number of hydrogen-bond acceptors (Lipinski definition) is 4. The Hall–Kier alpha value is -2.66. The zero-order valence-corrected chi connectivity index (χ0v) is 16.8. The third-order valence-corrected chi connectivity index (χ3v) is 5.84. The van der Waals surface area contributed by atoms with Gasteiger partial charge in [0.25, 0.3) is 0 Å². The van der Waals surface area contributed by atoms with Crippen molar-refractivity contribution in [1.82, 2.24) is 14.9 Å². The van der Waals surface area contributed by atoms with Crippen LogP contribution in [0.3, 0.4) is 0 Å². The molecule has 2 aromatic heterocycles. The molecule has 28 heavy (non-hydrogen) atoms. The summed E-state index contributed by atoms with van der Waals surface area (Å²) in [4.78, 5) is 23.4. The fourth-order valence-corrected chi connectivity index (χ4v) is 4.24. The van der Waals surface area contributed by atoms with Crippen molar-refractivity contribution in [3.63, 3.8) is 0 Å². The fraction of sp³-hybridized carbons (Fsp3) is 0.391. The maximum atomic E-state index is 13.3. The summed E-state index contributed by atoms with van der Waals surface area (Å²) in [7, 11) is 0. The molecule has 3 aromatic rings. The number of aromatic amines is 1. The van der Waals surface area contributed by atoms with Gasteiger partial charge in [0.05, 0.1) is 6.04 Å². The van der Waals surface area contributed by atoms with Crippen molar-refractivity contribution >= 4 is 22.5 Å². The van der Waals surface area contributed by atoms with E-state index in [1.807, 2.05) is 63.2 Å². The minimum absolute atomic E-state index is 0.111. The highest BCUT2D eigenvalue weighted by Crippen LogP contribution is 2.26. The maximum absolute atomic E-state index is 13.3. The molecule has 0 spiro atoms. The molecule has 5 nitrogen and oxygen atoms in total. The zero-order valence-electron chi connectivity index (χ0n) is 16.8. The third kappa shape index (κ3) is 3.67. The second-order valence-electron chi connectivity index (χ2n) is 7.91.